The van der Waals surface area contributed by atoms with Gasteiger partial charge in [0.15, 0.2) is 0 Å². The Morgan fingerprint density at radius 2 is 1.19 bits per heavy atom. The number of ether oxygens (including phenoxy) is 4. The van der Waals surface area contributed by atoms with E-state index in [1.54, 1.807) is 0 Å². The zero-order valence-electron chi connectivity index (χ0n) is 16.2. The van der Waals surface area contributed by atoms with Crippen LogP contribution >= 0.6 is 0 Å². The lowest BCUT2D eigenvalue weighted by Gasteiger charge is -2.24. The zero-order valence-corrected chi connectivity index (χ0v) is 16.2. The average Bonchev–Trinajstić information content (AvgIpc) is 2.59. The Balaban J connectivity index is 3.98. The van der Waals surface area contributed by atoms with E-state index in [0.29, 0.717) is 6.61 Å². The fourth-order valence-corrected chi connectivity index (χ4v) is 1.59. The highest BCUT2D eigenvalue weighted by Crippen LogP contribution is 2.17. The molecule has 7 heteroatoms. The molecule has 0 atom stereocenters. The maximum absolute atomic E-state index is 11.8. The van der Waals surface area contributed by atoms with E-state index in [1.807, 2.05) is 27.7 Å². The predicted octanol–water partition coefficient (Wildman–Crippen LogP) is 2.45. The number of hydrogen-bond donors (Lipinski definition) is 0. The van der Waals surface area contributed by atoms with Crippen molar-refractivity contribution in [1.82, 2.24) is 0 Å². The van der Waals surface area contributed by atoms with Crippen molar-refractivity contribution in [3.8, 4) is 0 Å². The van der Waals surface area contributed by atoms with Gasteiger partial charge in [0.2, 0.25) is 0 Å². The van der Waals surface area contributed by atoms with Crippen molar-refractivity contribution in [1.29, 1.82) is 0 Å². The summed E-state index contributed by atoms with van der Waals surface area (Å²) in [6.07, 6.45) is 2.29. The van der Waals surface area contributed by atoms with Gasteiger partial charge in [0.25, 0.3) is 0 Å². The summed E-state index contributed by atoms with van der Waals surface area (Å²) < 4.78 is 20.6. The van der Waals surface area contributed by atoms with Crippen LogP contribution < -0.4 is 0 Å². The van der Waals surface area contributed by atoms with Crippen molar-refractivity contribution in [2.24, 2.45) is 10.8 Å². The SMILES string of the molecule is C=CC(=O)OCC(C)(C)COCCC(=O)OCC(C)(C)COC(=O)C=C. The quantitative estimate of drug-likeness (QED) is 0.213. The molecule has 0 heterocycles. The van der Waals surface area contributed by atoms with Crippen molar-refractivity contribution < 1.29 is 33.3 Å². The largest absolute Gasteiger partial charge is 0.465 e. The molecule has 0 radical (unpaired) electrons. The minimum Gasteiger partial charge on any atom is -0.465 e. The summed E-state index contributed by atoms with van der Waals surface area (Å²) in [7, 11) is 0. The molecule has 0 aromatic heterocycles. The molecule has 0 N–H and O–H groups in total. The second kappa shape index (κ2) is 11.5. The molecule has 0 saturated carbocycles. The molecule has 0 amide bonds. The van der Waals surface area contributed by atoms with E-state index < -0.39 is 23.3 Å². The molecular formula is C19H30O7. The van der Waals surface area contributed by atoms with Gasteiger partial charge in [-0.1, -0.05) is 40.9 Å². The molecule has 0 aliphatic carbocycles. The molecule has 0 rings (SSSR count). The lowest BCUT2D eigenvalue weighted by atomic mass is 9.96. The van der Waals surface area contributed by atoms with E-state index in [1.165, 1.54) is 0 Å². The molecule has 0 aromatic carbocycles. The van der Waals surface area contributed by atoms with Crippen LogP contribution in [0, 0.1) is 10.8 Å². The topological polar surface area (TPSA) is 88.1 Å². The highest BCUT2D eigenvalue weighted by Gasteiger charge is 2.23. The molecule has 7 nitrogen and oxygen atoms in total. The minimum atomic E-state index is -0.515. The van der Waals surface area contributed by atoms with Crippen LogP contribution in [0.2, 0.25) is 0 Å². The molecule has 0 spiro atoms. The van der Waals surface area contributed by atoms with Crippen LogP contribution in [0.25, 0.3) is 0 Å². The van der Waals surface area contributed by atoms with Gasteiger partial charge in [0.1, 0.15) is 0 Å². The standard InChI is InChI=1S/C19H30O7/c1-7-15(20)24-12-18(3,4)11-23-10-9-17(22)26-14-19(5,6)13-25-16(21)8-2/h7-8H,1-2,9-14H2,3-6H3. The Bertz CT molecular complexity index is 506. The van der Waals surface area contributed by atoms with E-state index in [2.05, 4.69) is 13.2 Å². The Morgan fingerprint density at radius 1 is 0.769 bits per heavy atom. The van der Waals surface area contributed by atoms with Crippen molar-refractivity contribution >= 4 is 17.9 Å². The van der Waals surface area contributed by atoms with Crippen LogP contribution in [0.5, 0.6) is 0 Å². The van der Waals surface area contributed by atoms with E-state index in [9.17, 15) is 14.4 Å². The number of carbonyl (C=O) groups excluding carboxylic acids is 3. The Morgan fingerprint density at radius 3 is 1.65 bits per heavy atom. The summed E-state index contributed by atoms with van der Waals surface area (Å²) >= 11 is 0. The minimum absolute atomic E-state index is 0.102. The van der Waals surface area contributed by atoms with Crippen LogP contribution in [-0.2, 0) is 33.3 Å². The molecule has 0 unspecified atom stereocenters. The Labute approximate surface area is 155 Å². The maximum atomic E-state index is 11.8. The first kappa shape index (κ1) is 23.9. The number of hydrogen-bond acceptors (Lipinski definition) is 7. The molecule has 0 saturated heterocycles. The molecule has 0 aliphatic rings. The molecule has 0 fully saturated rings. The monoisotopic (exact) mass is 370 g/mol. The summed E-state index contributed by atoms with van der Waals surface area (Å²) in [5, 5.41) is 0. The molecule has 26 heavy (non-hydrogen) atoms. The predicted molar refractivity (Wildman–Crippen MR) is 96.3 cm³/mol. The molecule has 0 aliphatic heterocycles. The highest BCUT2D eigenvalue weighted by molar-refractivity contribution is 5.81. The molecular weight excluding hydrogens is 340 g/mol. The van der Waals surface area contributed by atoms with E-state index >= 15 is 0 Å². The lowest BCUT2D eigenvalue weighted by molar-refractivity contribution is -0.151. The van der Waals surface area contributed by atoms with Crippen LogP contribution in [0.1, 0.15) is 34.1 Å². The van der Waals surface area contributed by atoms with Gasteiger partial charge in [0.05, 0.1) is 39.5 Å². The summed E-state index contributed by atoms with van der Waals surface area (Å²) in [5.41, 5.74) is -0.869. The van der Waals surface area contributed by atoms with Crippen molar-refractivity contribution in [2.75, 3.05) is 33.0 Å². The third-order valence-corrected chi connectivity index (χ3v) is 3.11. The summed E-state index contributed by atoms with van der Waals surface area (Å²) in [5.74, 6) is -1.40. The van der Waals surface area contributed by atoms with Crippen LogP contribution in [0.3, 0.4) is 0 Å². The lowest BCUT2D eigenvalue weighted by Crippen LogP contribution is -2.29. The summed E-state index contributed by atoms with van der Waals surface area (Å²) in [6, 6.07) is 0. The van der Waals surface area contributed by atoms with Gasteiger partial charge in [-0.2, -0.15) is 0 Å². The van der Waals surface area contributed by atoms with Gasteiger partial charge in [-0.25, -0.2) is 9.59 Å². The first-order valence-corrected chi connectivity index (χ1v) is 8.33. The van der Waals surface area contributed by atoms with E-state index in [4.69, 9.17) is 18.9 Å². The van der Waals surface area contributed by atoms with Crippen molar-refractivity contribution in [2.45, 2.75) is 34.1 Å². The second-order valence-corrected chi connectivity index (χ2v) is 7.42. The van der Waals surface area contributed by atoms with Gasteiger partial charge in [-0.3, -0.25) is 4.79 Å². The van der Waals surface area contributed by atoms with Crippen molar-refractivity contribution in [3.05, 3.63) is 25.3 Å². The number of esters is 3. The smallest absolute Gasteiger partial charge is 0.330 e. The fourth-order valence-electron chi connectivity index (χ4n) is 1.59. The zero-order chi connectivity index (χ0) is 20.2. The Hall–Kier alpha value is -2.15. The van der Waals surface area contributed by atoms with Gasteiger partial charge in [0, 0.05) is 23.0 Å². The van der Waals surface area contributed by atoms with Crippen LogP contribution in [-0.4, -0.2) is 50.9 Å². The third-order valence-electron chi connectivity index (χ3n) is 3.11. The highest BCUT2D eigenvalue weighted by atomic mass is 16.6. The van der Waals surface area contributed by atoms with E-state index in [0.717, 1.165) is 12.2 Å². The second-order valence-electron chi connectivity index (χ2n) is 7.42. The van der Waals surface area contributed by atoms with Gasteiger partial charge < -0.3 is 18.9 Å². The first-order valence-electron chi connectivity index (χ1n) is 8.33. The first-order chi connectivity index (χ1) is 12.0. The normalized spacial score (nSPS) is 11.4. The number of carbonyl (C=O) groups is 3. The summed E-state index contributed by atoms with van der Waals surface area (Å²) in [6.45, 7) is 15.0. The van der Waals surface area contributed by atoms with E-state index in [-0.39, 0.29) is 38.3 Å². The third kappa shape index (κ3) is 12.2. The van der Waals surface area contributed by atoms with Crippen LogP contribution in [0.15, 0.2) is 25.3 Å². The fraction of sp³-hybridized carbons (Fsp3) is 0.632. The molecule has 148 valence electrons. The number of rotatable bonds is 13. The summed E-state index contributed by atoms with van der Waals surface area (Å²) in [4.78, 5) is 33.9. The Kier molecular flexibility index (Phi) is 10.5. The maximum Gasteiger partial charge on any atom is 0.330 e. The van der Waals surface area contributed by atoms with Crippen molar-refractivity contribution in [3.63, 3.8) is 0 Å². The molecule has 0 aromatic rings. The van der Waals surface area contributed by atoms with Crippen LogP contribution in [0.4, 0.5) is 0 Å². The molecule has 0 bridgehead atoms. The van der Waals surface area contributed by atoms with Gasteiger partial charge in [-0.15, -0.1) is 0 Å². The average molecular weight is 370 g/mol. The van der Waals surface area contributed by atoms with Gasteiger partial charge in [-0.05, 0) is 0 Å². The van der Waals surface area contributed by atoms with Gasteiger partial charge >= 0.3 is 17.9 Å².